The molecule has 20 heavy (non-hydrogen) atoms. The maximum Gasteiger partial charge on any atom is 0.197 e. The highest BCUT2D eigenvalue weighted by atomic mass is 16.7. The number of hydrogen-bond acceptors (Lipinski definition) is 6. The summed E-state index contributed by atoms with van der Waals surface area (Å²) < 4.78 is 21.6. The van der Waals surface area contributed by atoms with E-state index < -0.39 is 12.6 Å². The minimum Gasteiger partial charge on any atom is -0.461 e. The van der Waals surface area contributed by atoms with E-state index in [4.69, 9.17) is 29.2 Å². The predicted octanol–water partition coefficient (Wildman–Crippen LogP) is 1.15. The van der Waals surface area contributed by atoms with E-state index in [1.165, 1.54) is 0 Å². The molecule has 0 amide bonds. The number of hydrogen-bond donors (Lipinski definition) is 2. The summed E-state index contributed by atoms with van der Waals surface area (Å²) in [5, 5.41) is 17.4. The summed E-state index contributed by atoms with van der Waals surface area (Å²) in [5.41, 5.74) is 0. The Labute approximate surface area is 118 Å². The first-order valence-corrected chi connectivity index (χ1v) is 6.54. The van der Waals surface area contributed by atoms with Crippen LogP contribution in [-0.4, -0.2) is 49.2 Å². The van der Waals surface area contributed by atoms with Crippen molar-refractivity contribution in [2.24, 2.45) is 0 Å². The molecule has 0 fully saturated rings. The Morgan fingerprint density at radius 1 is 0.850 bits per heavy atom. The van der Waals surface area contributed by atoms with Gasteiger partial charge in [0.15, 0.2) is 24.1 Å². The fourth-order valence-corrected chi connectivity index (χ4v) is 1.51. The molecule has 2 N–H and O–H groups in total. The van der Waals surface area contributed by atoms with E-state index in [1.807, 2.05) is 12.1 Å². The Morgan fingerprint density at radius 3 is 1.60 bits per heavy atom. The SMILES string of the molecule is CC(OCCO)Oc1ccccc1OC(C)OCCO. The maximum absolute atomic E-state index is 8.70. The van der Waals surface area contributed by atoms with Crippen molar-refractivity contribution in [2.45, 2.75) is 26.4 Å². The molecule has 0 spiro atoms. The summed E-state index contributed by atoms with van der Waals surface area (Å²) in [6, 6.07) is 7.15. The van der Waals surface area contributed by atoms with Crippen LogP contribution >= 0.6 is 0 Å². The third-order valence-electron chi connectivity index (χ3n) is 2.32. The van der Waals surface area contributed by atoms with E-state index in [2.05, 4.69) is 0 Å². The average Bonchev–Trinajstić information content (AvgIpc) is 2.45. The fourth-order valence-electron chi connectivity index (χ4n) is 1.51. The van der Waals surface area contributed by atoms with Gasteiger partial charge in [0.2, 0.25) is 0 Å². The Bertz CT molecular complexity index is 335. The normalized spacial score (nSPS) is 13.8. The van der Waals surface area contributed by atoms with Gasteiger partial charge in [-0.2, -0.15) is 0 Å². The van der Waals surface area contributed by atoms with Crippen LogP contribution in [0.2, 0.25) is 0 Å². The van der Waals surface area contributed by atoms with E-state index in [9.17, 15) is 0 Å². The lowest BCUT2D eigenvalue weighted by Gasteiger charge is -2.20. The van der Waals surface area contributed by atoms with Crippen LogP contribution in [0.15, 0.2) is 24.3 Å². The van der Waals surface area contributed by atoms with Gasteiger partial charge in [-0.15, -0.1) is 0 Å². The molecule has 114 valence electrons. The monoisotopic (exact) mass is 286 g/mol. The van der Waals surface area contributed by atoms with Crippen molar-refractivity contribution < 1.29 is 29.2 Å². The third-order valence-corrected chi connectivity index (χ3v) is 2.32. The molecule has 0 bridgehead atoms. The van der Waals surface area contributed by atoms with Crippen LogP contribution in [0.4, 0.5) is 0 Å². The summed E-state index contributed by atoms with van der Waals surface area (Å²) in [5.74, 6) is 1.05. The number of para-hydroxylation sites is 2. The quantitative estimate of drug-likeness (QED) is 0.628. The van der Waals surface area contributed by atoms with Gasteiger partial charge in [-0.3, -0.25) is 0 Å². The summed E-state index contributed by atoms with van der Waals surface area (Å²) >= 11 is 0. The second-order valence-electron chi connectivity index (χ2n) is 4.01. The van der Waals surface area contributed by atoms with Gasteiger partial charge in [-0.1, -0.05) is 12.1 Å². The van der Waals surface area contributed by atoms with Crippen molar-refractivity contribution in [2.75, 3.05) is 26.4 Å². The highest BCUT2D eigenvalue weighted by Gasteiger charge is 2.12. The van der Waals surface area contributed by atoms with Crippen LogP contribution < -0.4 is 9.47 Å². The van der Waals surface area contributed by atoms with E-state index in [0.29, 0.717) is 11.5 Å². The van der Waals surface area contributed by atoms with Crippen molar-refractivity contribution in [1.82, 2.24) is 0 Å². The average molecular weight is 286 g/mol. The molecule has 0 radical (unpaired) electrons. The molecule has 0 aliphatic heterocycles. The van der Waals surface area contributed by atoms with E-state index >= 15 is 0 Å². The first-order chi connectivity index (χ1) is 9.67. The summed E-state index contributed by atoms with van der Waals surface area (Å²) in [6.45, 7) is 3.77. The topological polar surface area (TPSA) is 77.4 Å². The molecule has 1 rings (SSSR count). The van der Waals surface area contributed by atoms with Gasteiger partial charge < -0.3 is 29.2 Å². The molecule has 0 heterocycles. The van der Waals surface area contributed by atoms with Crippen LogP contribution in [-0.2, 0) is 9.47 Å². The van der Waals surface area contributed by atoms with Crippen molar-refractivity contribution in [3.8, 4) is 11.5 Å². The predicted molar refractivity (Wildman–Crippen MR) is 72.7 cm³/mol. The van der Waals surface area contributed by atoms with Gasteiger partial charge in [-0.05, 0) is 26.0 Å². The zero-order valence-corrected chi connectivity index (χ0v) is 11.8. The molecule has 0 aromatic heterocycles. The van der Waals surface area contributed by atoms with E-state index in [-0.39, 0.29) is 26.4 Å². The molecule has 0 saturated carbocycles. The lowest BCUT2D eigenvalue weighted by molar-refractivity contribution is -0.0896. The second kappa shape index (κ2) is 9.55. The van der Waals surface area contributed by atoms with E-state index in [0.717, 1.165) is 0 Å². The van der Waals surface area contributed by atoms with Crippen molar-refractivity contribution in [3.05, 3.63) is 24.3 Å². The molecular formula is C14H22O6. The summed E-state index contributed by atoms with van der Waals surface area (Å²) in [7, 11) is 0. The number of benzene rings is 1. The van der Waals surface area contributed by atoms with Gasteiger partial charge in [0.25, 0.3) is 0 Å². The molecule has 0 aliphatic rings. The van der Waals surface area contributed by atoms with Crippen molar-refractivity contribution >= 4 is 0 Å². The minimum absolute atomic E-state index is 0.0577. The largest absolute Gasteiger partial charge is 0.461 e. The van der Waals surface area contributed by atoms with Crippen LogP contribution in [0.25, 0.3) is 0 Å². The molecular weight excluding hydrogens is 264 g/mol. The molecule has 2 unspecified atom stereocenters. The minimum atomic E-state index is -0.499. The second-order valence-corrected chi connectivity index (χ2v) is 4.01. The smallest absolute Gasteiger partial charge is 0.197 e. The molecule has 1 aromatic rings. The molecule has 0 saturated heterocycles. The van der Waals surface area contributed by atoms with Gasteiger partial charge in [0.05, 0.1) is 26.4 Å². The van der Waals surface area contributed by atoms with Crippen LogP contribution in [0.1, 0.15) is 13.8 Å². The van der Waals surface area contributed by atoms with Crippen LogP contribution in [0, 0.1) is 0 Å². The van der Waals surface area contributed by atoms with E-state index in [1.54, 1.807) is 26.0 Å². The molecule has 1 aromatic carbocycles. The zero-order chi connectivity index (χ0) is 14.8. The highest BCUT2D eigenvalue weighted by Crippen LogP contribution is 2.28. The number of aliphatic hydroxyl groups excluding tert-OH is 2. The van der Waals surface area contributed by atoms with Gasteiger partial charge in [0.1, 0.15) is 0 Å². The standard InChI is InChI=1S/C14H22O6/c1-11(17-9-7-15)19-13-5-3-4-6-14(13)20-12(2)18-10-8-16/h3-6,11-12,15-16H,7-10H2,1-2H3. The number of ether oxygens (including phenoxy) is 4. The maximum atomic E-state index is 8.70. The lowest BCUT2D eigenvalue weighted by atomic mass is 10.3. The molecule has 6 heteroatoms. The van der Waals surface area contributed by atoms with Gasteiger partial charge >= 0.3 is 0 Å². The van der Waals surface area contributed by atoms with Crippen LogP contribution in [0.3, 0.4) is 0 Å². The highest BCUT2D eigenvalue weighted by molar-refractivity contribution is 5.39. The molecule has 2 atom stereocenters. The Balaban J connectivity index is 2.58. The number of rotatable bonds is 10. The van der Waals surface area contributed by atoms with Crippen LogP contribution in [0.5, 0.6) is 11.5 Å². The lowest BCUT2D eigenvalue weighted by Crippen LogP contribution is -2.21. The Kier molecular flexibility index (Phi) is 7.98. The van der Waals surface area contributed by atoms with Crippen molar-refractivity contribution in [3.63, 3.8) is 0 Å². The first kappa shape index (κ1) is 16.7. The van der Waals surface area contributed by atoms with Gasteiger partial charge in [-0.25, -0.2) is 0 Å². The summed E-state index contributed by atoms with van der Waals surface area (Å²) in [4.78, 5) is 0. The molecule has 6 nitrogen and oxygen atoms in total. The first-order valence-electron chi connectivity index (χ1n) is 6.54. The molecule has 0 aliphatic carbocycles. The Hall–Kier alpha value is -1.34. The van der Waals surface area contributed by atoms with Crippen molar-refractivity contribution in [1.29, 1.82) is 0 Å². The van der Waals surface area contributed by atoms with Gasteiger partial charge in [0, 0.05) is 0 Å². The third kappa shape index (κ3) is 6.21. The zero-order valence-electron chi connectivity index (χ0n) is 11.8. The fraction of sp³-hybridized carbons (Fsp3) is 0.571. The number of aliphatic hydroxyl groups is 2. The summed E-state index contributed by atoms with van der Waals surface area (Å²) in [6.07, 6.45) is -0.999. The Morgan fingerprint density at radius 2 is 1.25 bits per heavy atom.